The highest BCUT2D eigenvalue weighted by molar-refractivity contribution is 7.96. The standard InChI is InChI=1S/C21H21ClN2O3S/c1-15-5-8-17(9-6-15)24-14-20(21(25)23-11-3-2-4-12-23)28(26,27)19-10-7-16(22)13-18(19)24/h5-10,13-14H,2-4,11-12H2,1H3. The summed E-state index contributed by atoms with van der Waals surface area (Å²) < 4.78 is 26.5. The number of benzene rings is 2. The van der Waals surface area contributed by atoms with Crippen LogP contribution >= 0.6 is 11.6 Å². The third-order valence-corrected chi connectivity index (χ3v) is 7.19. The summed E-state index contributed by atoms with van der Waals surface area (Å²) in [5.74, 6) is -0.433. The molecule has 4 rings (SSSR count). The molecule has 1 fully saturated rings. The monoisotopic (exact) mass is 416 g/mol. The zero-order valence-corrected chi connectivity index (χ0v) is 17.1. The molecular weight excluding hydrogens is 396 g/mol. The van der Waals surface area contributed by atoms with E-state index in [4.69, 9.17) is 11.6 Å². The number of aryl methyl sites for hydroxylation is 1. The molecule has 2 aliphatic heterocycles. The topological polar surface area (TPSA) is 57.7 Å². The second-order valence-corrected chi connectivity index (χ2v) is 9.49. The fourth-order valence-electron chi connectivity index (χ4n) is 3.62. The first-order valence-corrected chi connectivity index (χ1v) is 11.2. The number of sulfone groups is 1. The van der Waals surface area contributed by atoms with Gasteiger partial charge in [-0.25, -0.2) is 8.42 Å². The molecule has 0 spiro atoms. The second-order valence-electron chi connectivity index (χ2n) is 7.17. The Bertz CT molecular complexity index is 1060. The predicted octanol–water partition coefficient (Wildman–Crippen LogP) is 4.43. The number of carbonyl (C=O) groups is 1. The van der Waals surface area contributed by atoms with Gasteiger partial charge in [0.15, 0.2) is 4.91 Å². The quantitative estimate of drug-likeness (QED) is 0.726. The van der Waals surface area contributed by atoms with E-state index < -0.39 is 15.7 Å². The van der Waals surface area contributed by atoms with E-state index in [-0.39, 0.29) is 9.80 Å². The van der Waals surface area contributed by atoms with Crippen LogP contribution in [0.3, 0.4) is 0 Å². The molecule has 7 heteroatoms. The second kappa shape index (κ2) is 7.26. The first-order valence-electron chi connectivity index (χ1n) is 9.29. The lowest BCUT2D eigenvalue weighted by Crippen LogP contribution is -2.39. The minimum Gasteiger partial charge on any atom is -0.338 e. The smallest absolute Gasteiger partial charge is 0.267 e. The number of nitrogens with zero attached hydrogens (tertiary/aromatic N) is 2. The summed E-state index contributed by atoms with van der Waals surface area (Å²) in [5.41, 5.74) is 2.31. The molecule has 2 aromatic rings. The summed E-state index contributed by atoms with van der Waals surface area (Å²) in [6.07, 6.45) is 4.29. The molecule has 0 atom stereocenters. The van der Waals surface area contributed by atoms with E-state index >= 15 is 0 Å². The zero-order chi connectivity index (χ0) is 19.9. The first-order chi connectivity index (χ1) is 13.4. The van der Waals surface area contributed by atoms with Gasteiger partial charge in [-0.1, -0.05) is 29.3 Å². The van der Waals surface area contributed by atoms with Crippen LogP contribution < -0.4 is 4.90 Å². The molecule has 0 aromatic heterocycles. The fourth-order valence-corrected chi connectivity index (χ4v) is 5.31. The van der Waals surface area contributed by atoms with Crippen molar-refractivity contribution in [2.75, 3.05) is 18.0 Å². The van der Waals surface area contributed by atoms with E-state index in [1.165, 1.54) is 12.3 Å². The molecule has 28 heavy (non-hydrogen) atoms. The van der Waals surface area contributed by atoms with Gasteiger partial charge < -0.3 is 9.80 Å². The highest BCUT2D eigenvalue weighted by Crippen LogP contribution is 2.41. The maximum Gasteiger partial charge on any atom is 0.267 e. The van der Waals surface area contributed by atoms with Crippen LogP contribution in [0, 0.1) is 6.92 Å². The van der Waals surface area contributed by atoms with Gasteiger partial charge in [-0.2, -0.15) is 0 Å². The van der Waals surface area contributed by atoms with Gasteiger partial charge in [-0.05, 0) is 56.5 Å². The lowest BCUT2D eigenvalue weighted by molar-refractivity contribution is -0.127. The number of anilines is 2. The zero-order valence-electron chi connectivity index (χ0n) is 15.6. The van der Waals surface area contributed by atoms with Gasteiger partial charge in [0.05, 0.1) is 10.6 Å². The van der Waals surface area contributed by atoms with Crippen molar-refractivity contribution in [3.8, 4) is 0 Å². The van der Waals surface area contributed by atoms with Crippen molar-refractivity contribution in [3.05, 3.63) is 64.2 Å². The van der Waals surface area contributed by atoms with Gasteiger partial charge in [0, 0.05) is 30.0 Å². The molecule has 2 heterocycles. The van der Waals surface area contributed by atoms with Crippen LogP contribution in [-0.4, -0.2) is 32.3 Å². The molecule has 1 amide bonds. The van der Waals surface area contributed by atoms with Crippen molar-refractivity contribution in [2.45, 2.75) is 31.1 Å². The van der Waals surface area contributed by atoms with Crippen LogP contribution in [0.2, 0.25) is 5.02 Å². The van der Waals surface area contributed by atoms with Crippen molar-refractivity contribution in [3.63, 3.8) is 0 Å². The summed E-state index contributed by atoms with van der Waals surface area (Å²) in [6.45, 7) is 3.16. The number of fused-ring (bicyclic) bond motifs is 1. The molecule has 0 saturated carbocycles. The third kappa shape index (κ3) is 3.31. The fraction of sp³-hybridized carbons (Fsp3) is 0.286. The molecule has 146 valence electrons. The van der Waals surface area contributed by atoms with E-state index in [1.54, 1.807) is 21.9 Å². The summed E-state index contributed by atoms with van der Waals surface area (Å²) in [7, 11) is -3.93. The number of rotatable bonds is 2. The Morgan fingerprint density at radius 3 is 2.36 bits per heavy atom. The molecule has 0 radical (unpaired) electrons. The summed E-state index contributed by atoms with van der Waals surface area (Å²) in [4.78, 5) is 16.4. The SMILES string of the molecule is Cc1ccc(N2C=C(C(=O)N3CCCCC3)S(=O)(=O)c3ccc(Cl)cc32)cc1. The maximum atomic E-state index is 13.2. The number of carbonyl (C=O) groups excluding carboxylic acids is 1. The predicted molar refractivity (Wildman–Crippen MR) is 110 cm³/mol. The van der Waals surface area contributed by atoms with Gasteiger partial charge in [-0.3, -0.25) is 4.79 Å². The molecule has 0 unspecified atom stereocenters. The molecule has 2 aliphatic rings. The Kier molecular flexibility index (Phi) is 4.93. The van der Waals surface area contributed by atoms with Crippen molar-refractivity contribution in [1.82, 2.24) is 4.90 Å². The molecular formula is C21H21ClN2O3S. The van der Waals surface area contributed by atoms with E-state index in [9.17, 15) is 13.2 Å². The highest BCUT2D eigenvalue weighted by atomic mass is 35.5. The van der Waals surface area contributed by atoms with Crippen molar-refractivity contribution in [2.24, 2.45) is 0 Å². The highest BCUT2D eigenvalue weighted by Gasteiger charge is 2.38. The average molecular weight is 417 g/mol. The van der Waals surface area contributed by atoms with Gasteiger partial charge >= 0.3 is 0 Å². The summed E-state index contributed by atoms with van der Waals surface area (Å²) in [5, 5.41) is 0.435. The van der Waals surface area contributed by atoms with Crippen LogP contribution in [0.4, 0.5) is 11.4 Å². The Morgan fingerprint density at radius 2 is 1.68 bits per heavy atom. The first kappa shape index (κ1) is 19.0. The number of likely N-dealkylation sites (tertiary alicyclic amines) is 1. The van der Waals surface area contributed by atoms with Gasteiger partial charge in [0.2, 0.25) is 9.84 Å². The van der Waals surface area contributed by atoms with E-state index in [0.29, 0.717) is 23.8 Å². The maximum absolute atomic E-state index is 13.2. The normalized spacial score (nSPS) is 18.4. The molecule has 5 nitrogen and oxygen atoms in total. The third-order valence-electron chi connectivity index (χ3n) is 5.17. The largest absolute Gasteiger partial charge is 0.338 e. The van der Waals surface area contributed by atoms with Gasteiger partial charge in [0.1, 0.15) is 0 Å². The summed E-state index contributed by atoms with van der Waals surface area (Å²) >= 11 is 6.15. The number of amides is 1. The minimum atomic E-state index is -3.93. The van der Waals surface area contributed by atoms with Crippen molar-refractivity contribution < 1.29 is 13.2 Å². The van der Waals surface area contributed by atoms with Crippen molar-refractivity contribution >= 4 is 38.7 Å². The number of halogens is 1. The Morgan fingerprint density at radius 1 is 1.00 bits per heavy atom. The number of piperidine rings is 1. The lowest BCUT2D eigenvalue weighted by atomic mass is 10.1. The Labute approximate surface area is 170 Å². The Hall–Kier alpha value is -2.31. The Balaban J connectivity index is 1.87. The van der Waals surface area contributed by atoms with E-state index in [1.807, 2.05) is 31.2 Å². The van der Waals surface area contributed by atoms with Crippen LogP contribution in [0.5, 0.6) is 0 Å². The lowest BCUT2D eigenvalue weighted by Gasteiger charge is -2.32. The van der Waals surface area contributed by atoms with E-state index in [0.717, 1.165) is 30.5 Å². The average Bonchev–Trinajstić information content (AvgIpc) is 2.69. The molecule has 0 bridgehead atoms. The van der Waals surface area contributed by atoms with Crippen LogP contribution in [0.1, 0.15) is 24.8 Å². The van der Waals surface area contributed by atoms with Crippen LogP contribution in [0.25, 0.3) is 0 Å². The van der Waals surface area contributed by atoms with Gasteiger partial charge in [0.25, 0.3) is 5.91 Å². The molecule has 0 N–H and O–H groups in total. The van der Waals surface area contributed by atoms with Crippen LogP contribution in [-0.2, 0) is 14.6 Å². The minimum absolute atomic E-state index is 0.0975. The summed E-state index contributed by atoms with van der Waals surface area (Å²) in [6, 6.07) is 12.3. The number of hydrogen-bond acceptors (Lipinski definition) is 4. The van der Waals surface area contributed by atoms with Crippen LogP contribution in [0.15, 0.2) is 58.5 Å². The molecule has 0 aliphatic carbocycles. The molecule has 2 aromatic carbocycles. The number of hydrogen-bond donors (Lipinski definition) is 0. The molecule has 1 saturated heterocycles. The van der Waals surface area contributed by atoms with E-state index in [2.05, 4.69) is 0 Å². The van der Waals surface area contributed by atoms with Crippen molar-refractivity contribution in [1.29, 1.82) is 0 Å². The van der Waals surface area contributed by atoms with Gasteiger partial charge in [-0.15, -0.1) is 0 Å².